The number of hydrogen-bond acceptors (Lipinski definition) is 5. The molecule has 94 valence electrons. The van der Waals surface area contributed by atoms with E-state index in [2.05, 4.69) is 0 Å². The van der Waals surface area contributed by atoms with E-state index in [1.807, 2.05) is 5.32 Å². The van der Waals surface area contributed by atoms with E-state index in [0.717, 1.165) is 21.2 Å². The molecule has 1 aliphatic rings. The molecule has 9 heteroatoms. The molecule has 3 N–H and O–H groups in total. The van der Waals surface area contributed by atoms with Gasteiger partial charge in [-0.15, -0.1) is 0 Å². The lowest BCUT2D eigenvalue weighted by atomic mass is 10.1. The molecule has 1 atom stereocenters. The number of likely N-dealkylation sites (N-methyl/N-ethyl adjacent to an activating group) is 2. The molecule has 17 heavy (non-hydrogen) atoms. The van der Waals surface area contributed by atoms with Crippen LogP contribution in [0.5, 0.6) is 0 Å². The molecule has 1 fully saturated rings. The van der Waals surface area contributed by atoms with Crippen molar-refractivity contribution in [3.05, 3.63) is 0 Å². The maximum atomic E-state index is 11.9. The van der Waals surface area contributed by atoms with Gasteiger partial charge >= 0.3 is 17.8 Å². The number of primary amides is 1. The number of methoxy groups -OCH3 is 1. The van der Waals surface area contributed by atoms with Crippen molar-refractivity contribution in [3.8, 4) is 0 Å². The summed E-state index contributed by atoms with van der Waals surface area (Å²) in [5.74, 6) is -2.05. The second-order valence-electron chi connectivity index (χ2n) is 3.37. The highest BCUT2D eigenvalue weighted by molar-refractivity contribution is 6.22. The lowest BCUT2D eigenvalue weighted by molar-refractivity contribution is -0.181. The van der Waals surface area contributed by atoms with Crippen molar-refractivity contribution in [2.24, 2.45) is 5.73 Å². The first-order chi connectivity index (χ1) is 7.78. The number of urea groups is 2. The topological polar surface area (TPSA) is 122 Å². The second kappa shape index (κ2) is 4.01. The largest absolute Gasteiger partial charge is 0.351 e. The van der Waals surface area contributed by atoms with E-state index in [1.54, 1.807) is 0 Å². The number of carbonyl (C=O) groups is 4. The molecule has 1 heterocycles. The summed E-state index contributed by atoms with van der Waals surface area (Å²) < 4.78 is 4.81. The molecule has 0 bridgehead atoms. The zero-order valence-corrected chi connectivity index (χ0v) is 9.51. The van der Waals surface area contributed by atoms with Crippen molar-refractivity contribution in [2.75, 3.05) is 21.2 Å². The molecular formula is C8H12N4O5. The van der Waals surface area contributed by atoms with Crippen LogP contribution >= 0.6 is 0 Å². The van der Waals surface area contributed by atoms with Crippen molar-refractivity contribution in [1.29, 1.82) is 0 Å². The molecular weight excluding hydrogens is 232 g/mol. The first kappa shape index (κ1) is 12.9. The van der Waals surface area contributed by atoms with E-state index in [9.17, 15) is 19.2 Å². The molecule has 0 radical (unpaired) electrons. The molecule has 6 amide bonds. The average Bonchev–Trinajstić information content (AvgIpc) is 2.27. The van der Waals surface area contributed by atoms with Gasteiger partial charge in [0.25, 0.3) is 11.8 Å². The van der Waals surface area contributed by atoms with Crippen molar-refractivity contribution in [3.63, 3.8) is 0 Å². The van der Waals surface area contributed by atoms with Crippen LogP contribution in [0, 0.1) is 0 Å². The SMILES string of the molecule is CO[C@@]1(N(C)C(N)=O)C(=O)NC(=O)N(C)C1=O. The number of amides is 6. The molecule has 0 aromatic heterocycles. The summed E-state index contributed by atoms with van der Waals surface area (Å²) >= 11 is 0. The van der Waals surface area contributed by atoms with Gasteiger partial charge in [-0.1, -0.05) is 0 Å². The molecule has 0 spiro atoms. The normalized spacial score (nSPS) is 24.6. The standard InChI is InChI=1S/C8H12N4O5/c1-11-5(14)8(17-3,12(2)6(9)15)4(13)10-7(11)16/h1-3H3,(H2,9,15)(H,10,13,16)/t8-/m0/s1. The first-order valence-electron chi connectivity index (χ1n) is 4.51. The van der Waals surface area contributed by atoms with E-state index >= 15 is 0 Å². The summed E-state index contributed by atoms with van der Waals surface area (Å²) in [7, 11) is 3.32. The van der Waals surface area contributed by atoms with Gasteiger partial charge in [0.05, 0.1) is 0 Å². The summed E-state index contributed by atoms with van der Waals surface area (Å²) in [4.78, 5) is 47.1. The Morgan fingerprint density at radius 1 is 1.47 bits per heavy atom. The van der Waals surface area contributed by atoms with Gasteiger partial charge in [0.2, 0.25) is 0 Å². The van der Waals surface area contributed by atoms with Crippen LogP contribution in [-0.4, -0.2) is 60.6 Å². The van der Waals surface area contributed by atoms with E-state index in [1.165, 1.54) is 0 Å². The highest BCUT2D eigenvalue weighted by Crippen LogP contribution is 2.21. The van der Waals surface area contributed by atoms with E-state index in [-0.39, 0.29) is 0 Å². The number of barbiturate groups is 1. The minimum Gasteiger partial charge on any atom is -0.351 e. The monoisotopic (exact) mass is 244 g/mol. The van der Waals surface area contributed by atoms with E-state index in [0.29, 0.717) is 9.80 Å². The summed E-state index contributed by atoms with van der Waals surface area (Å²) in [6.07, 6.45) is 0. The molecule has 1 aliphatic heterocycles. The van der Waals surface area contributed by atoms with Gasteiger partial charge in [-0.3, -0.25) is 24.7 Å². The van der Waals surface area contributed by atoms with Crippen LogP contribution in [-0.2, 0) is 14.3 Å². The van der Waals surface area contributed by atoms with Gasteiger partial charge in [-0.05, 0) is 0 Å². The minimum atomic E-state index is -2.26. The first-order valence-corrected chi connectivity index (χ1v) is 4.51. The van der Waals surface area contributed by atoms with Crippen LogP contribution in [0.4, 0.5) is 9.59 Å². The third-order valence-corrected chi connectivity index (χ3v) is 2.53. The van der Waals surface area contributed by atoms with Crippen LogP contribution in [0.1, 0.15) is 0 Å². The number of ether oxygens (including phenoxy) is 1. The third kappa shape index (κ3) is 1.60. The molecule has 9 nitrogen and oxygen atoms in total. The predicted octanol–water partition coefficient (Wildman–Crippen LogP) is -1.95. The zero-order valence-electron chi connectivity index (χ0n) is 9.51. The van der Waals surface area contributed by atoms with Crippen LogP contribution in [0.3, 0.4) is 0 Å². The maximum Gasteiger partial charge on any atom is 0.330 e. The fourth-order valence-electron chi connectivity index (χ4n) is 1.45. The van der Waals surface area contributed by atoms with Crippen molar-refractivity contribution in [2.45, 2.75) is 5.72 Å². The molecule has 0 aromatic rings. The third-order valence-electron chi connectivity index (χ3n) is 2.53. The molecule has 0 unspecified atom stereocenters. The predicted molar refractivity (Wildman–Crippen MR) is 53.4 cm³/mol. The highest BCUT2D eigenvalue weighted by Gasteiger charge is 2.58. The Morgan fingerprint density at radius 2 is 2.00 bits per heavy atom. The van der Waals surface area contributed by atoms with Crippen LogP contribution in [0.2, 0.25) is 0 Å². The molecule has 0 saturated carbocycles. The Kier molecular flexibility index (Phi) is 3.05. The lowest BCUT2D eigenvalue weighted by Gasteiger charge is -2.40. The number of nitrogens with two attached hydrogens (primary N) is 1. The van der Waals surface area contributed by atoms with Gasteiger partial charge in [0.1, 0.15) is 0 Å². The number of hydrogen-bond donors (Lipinski definition) is 2. The summed E-state index contributed by atoms with van der Waals surface area (Å²) in [5.41, 5.74) is 2.75. The number of rotatable bonds is 2. The Bertz CT molecular complexity index is 409. The van der Waals surface area contributed by atoms with Gasteiger partial charge in [0, 0.05) is 21.2 Å². The number of nitrogens with zero attached hydrogens (tertiary/aromatic N) is 2. The molecule has 0 aliphatic carbocycles. The van der Waals surface area contributed by atoms with E-state index in [4.69, 9.17) is 10.5 Å². The fourth-order valence-corrected chi connectivity index (χ4v) is 1.45. The quantitative estimate of drug-likeness (QED) is 0.431. The Morgan fingerprint density at radius 3 is 2.41 bits per heavy atom. The average molecular weight is 244 g/mol. The van der Waals surface area contributed by atoms with Gasteiger partial charge in [0.15, 0.2) is 0 Å². The van der Waals surface area contributed by atoms with Gasteiger partial charge in [-0.2, -0.15) is 0 Å². The summed E-state index contributed by atoms with van der Waals surface area (Å²) in [5, 5.41) is 1.89. The minimum absolute atomic E-state index is 0.619. The summed E-state index contributed by atoms with van der Waals surface area (Å²) in [6.45, 7) is 0. The fraction of sp³-hybridized carbons (Fsp3) is 0.500. The number of carbonyl (C=O) groups excluding carboxylic acids is 4. The Labute approximate surface area is 96.5 Å². The van der Waals surface area contributed by atoms with Gasteiger partial charge in [-0.25, -0.2) is 9.59 Å². The van der Waals surface area contributed by atoms with Crippen molar-refractivity contribution < 1.29 is 23.9 Å². The molecule has 1 saturated heterocycles. The van der Waals surface area contributed by atoms with Gasteiger partial charge < -0.3 is 10.5 Å². The smallest absolute Gasteiger partial charge is 0.330 e. The summed E-state index contributed by atoms with van der Waals surface area (Å²) in [6, 6.07) is -1.94. The highest BCUT2D eigenvalue weighted by atomic mass is 16.5. The number of imide groups is 2. The second-order valence-corrected chi connectivity index (χ2v) is 3.37. The Hall–Kier alpha value is -2.16. The maximum absolute atomic E-state index is 11.9. The van der Waals surface area contributed by atoms with E-state index < -0.39 is 29.6 Å². The van der Waals surface area contributed by atoms with Crippen LogP contribution in [0.15, 0.2) is 0 Å². The zero-order chi connectivity index (χ0) is 13.4. The van der Waals surface area contributed by atoms with Crippen molar-refractivity contribution >= 4 is 23.9 Å². The van der Waals surface area contributed by atoms with Crippen molar-refractivity contribution in [1.82, 2.24) is 15.1 Å². The van der Waals surface area contributed by atoms with Crippen LogP contribution < -0.4 is 11.1 Å². The molecule has 0 aromatic carbocycles. The molecule has 1 rings (SSSR count). The van der Waals surface area contributed by atoms with Crippen LogP contribution in [0.25, 0.3) is 0 Å². The number of nitrogens with one attached hydrogen (secondary N) is 1. The lowest BCUT2D eigenvalue weighted by Crippen LogP contribution is -2.74. The Balaban J connectivity index is 3.30.